The number of halogens is 2. The van der Waals surface area contributed by atoms with Crippen molar-refractivity contribution in [3.05, 3.63) is 29.3 Å². The third-order valence-corrected chi connectivity index (χ3v) is 4.82. The third kappa shape index (κ3) is 8.03. The van der Waals surface area contributed by atoms with Crippen molar-refractivity contribution in [3.63, 3.8) is 0 Å². The summed E-state index contributed by atoms with van der Waals surface area (Å²) >= 11 is 5.89. The second-order valence-corrected chi connectivity index (χ2v) is 7.67. The average molecular weight is 523 g/mol. The Kier molecular flexibility index (Phi) is 11.0. The number of piperidine rings is 1. The van der Waals surface area contributed by atoms with E-state index in [9.17, 15) is 4.79 Å². The van der Waals surface area contributed by atoms with Crippen LogP contribution in [-0.4, -0.2) is 55.6 Å². The minimum absolute atomic E-state index is 0. The lowest BCUT2D eigenvalue weighted by atomic mass is 10.0. The van der Waals surface area contributed by atoms with Crippen molar-refractivity contribution in [1.29, 1.82) is 0 Å². The van der Waals surface area contributed by atoms with E-state index in [1.807, 2.05) is 49.9 Å². The highest BCUT2D eigenvalue weighted by Gasteiger charge is 2.24. The molecule has 1 aromatic carbocycles. The standard InChI is InChI=1S/C20H31ClN4O2.HI/c1-14(2)19(26)25-11-9-17(10-12-25)24-20(22-4)23-13-15(3)27-18-7-5-16(21)6-8-18;/h5-8,14-15,17H,9-13H2,1-4H3,(H2,22,23,24);1H. The quantitative estimate of drug-likeness (QED) is 0.341. The van der Waals surface area contributed by atoms with Crippen LogP contribution in [0.15, 0.2) is 29.3 Å². The number of hydrogen-bond donors (Lipinski definition) is 2. The Morgan fingerprint density at radius 1 is 1.25 bits per heavy atom. The molecule has 8 heteroatoms. The molecule has 6 nitrogen and oxygen atoms in total. The minimum Gasteiger partial charge on any atom is -0.489 e. The molecule has 1 aliphatic heterocycles. The van der Waals surface area contributed by atoms with Gasteiger partial charge < -0.3 is 20.3 Å². The van der Waals surface area contributed by atoms with Crippen molar-refractivity contribution in [2.45, 2.75) is 45.8 Å². The largest absolute Gasteiger partial charge is 0.489 e. The van der Waals surface area contributed by atoms with Crippen molar-refractivity contribution < 1.29 is 9.53 Å². The Balaban J connectivity index is 0.00000392. The van der Waals surface area contributed by atoms with Gasteiger partial charge in [0.15, 0.2) is 5.96 Å². The van der Waals surface area contributed by atoms with E-state index in [1.54, 1.807) is 7.05 Å². The zero-order chi connectivity index (χ0) is 19.8. The van der Waals surface area contributed by atoms with Gasteiger partial charge in [-0.05, 0) is 44.0 Å². The highest BCUT2D eigenvalue weighted by atomic mass is 127. The van der Waals surface area contributed by atoms with Gasteiger partial charge in [-0.15, -0.1) is 24.0 Å². The summed E-state index contributed by atoms with van der Waals surface area (Å²) in [5.41, 5.74) is 0. The highest BCUT2D eigenvalue weighted by Crippen LogP contribution is 2.16. The van der Waals surface area contributed by atoms with Crippen LogP contribution >= 0.6 is 35.6 Å². The molecule has 1 atom stereocenters. The summed E-state index contributed by atoms with van der Waals surface area (Å²) in [7, 11) is 1.76. The van der Waals surface area contributed by atoms with Gasteiger partial charge in [-0.2, -0.15) is 0 Å². The van der Waals surface area contributed by atoms with Gasteiger partial charge in [0.2, 0.25) is 5.91 Å². The van der Waals surface area contributed by atoms with E-state index < -0.39 is 0 Å². The second kappa shape index (κ2) is 12.4. The van der Waals surface area contributed by atoms with Crippen LogP contribution < -0.4 is 15.4 Å². The average Bonchev–Trinajstić information content (AvgIpc) is 2.66. The van der Waals surface area contributed by atoms with Gasteiger partial charge in [0.25, 0.3) is 0 Å². The lowest BCUT2D eigenvalue weighted by molar-refractivity contribution is -0.135. The normalized spacial score (nSPS) is 16.4. The number of nitrogens with one attached hydrogen (secondary N) is 2. The van der Waals surface area contributed by atoms with E-state index in [-0.39, 0.29) is 41.9 Å². The van der Waals surface area contributed by atoms with Gasteiger partial charge >= 0.3 is 0 Å². The van der Waals surface area contributed by atoms with Crippen LogP contribution in [0.3, 0.4) is 0 Å². The fourth-order valence-corrected chi connectivity index (χ4v) is 3.15. The second-order valence-electron chi connectivity index (χ2n) is 7.23. The van der Waals surface area contributed by atoms with Crippen LogP contribution in [0.25, 0.3) is 0 Å². The van der Waals surface area contributed by atoms with Crippen LogP contribution in [0.2, 0.25) is 5.02 Å². The maximum Gasteiger partial charge on any atom is 0.225 e. The van der Waals surface area contributed by atoms with Crippen molar-refractivity contribution in [1.82, 2.24) is 15.5 Å². The van der Waals surface area contributed by atoms with Gasteiger partial charge in [0.1, 0.15) is 11.9 Å². The van der Waals surface area contributed by atoms with Crippen LogP contribution in [0, 0.1) is 5.92 Å². The summed E-state index contributed by atoms with van der Waals surface area (Å²) in [6.45, 7) is 8.12. The molecule has 158 valence electrons. The zero-order valence-electron chi connectivity index (χ0n) is 17.1. The number of hydrogen-bond acceptors (Lipinski definition) is 3. The van der Waals surface area contributed by atoms with E-state index in [2.05, 4.69) is 15.6 Å². The Bertz CT molecular complexity index is 632. The zero-order valence-corrected chi connectivity index (χ0v) is 20.2. The topological polar surface area (TPSA) is 66.0 Å². The first-order valence-corrected chi connectivity index (χ1v) is 9.95. The predicted octanol–water partition coefficient (Wildman–Crippen LogP) is 3.54. The molecular weight excluding hydrogens is 491 g/mol. The van der Waals surface area contributed by atoms with E-state index >= 15 is 0 Å². The summed E-state index contributed by atoms with van der Waals surface area (Å²) in [4.78, 5) is 18.3. The molecular formula is C20H32ClIN4O2. The van der Waals surface area contributed by atoms with Gasteiger partial charge in [0.05, 0.1) is 6.54 Å². The van der Waals surface area contributed by atoms with E-state index in [0.29, 0.717) is 17.6 Å². The van der Waals surface area contributed by atoms with Gasteiger partial charge in [-0.1, -0.05) is 25.4 Å². The van der Waals surface area contributed by atoms with Crippen molar-refractivity contribution >= 4 is 47.4 Å². The lowest BCUT2D eigenvalue weighted by Crippen LogP contribution is -2.51. The van der Waals surface area contributed by atoms with E-state index in [0.717, 1.165) is 37.6 Å². The Morgan fingerprint density at radius 3 is 2.39 bits per heavy atom. The number of rotatable bonds is 6. The SMILES string of the molecule is CN=C(NCC(C)Oc1ccc(Cl)cc1)NC1CCN(C(=O)C(C)C)CC1.I. The predicted molar refractivity (Wildman–Crippen MR) is 126 cm³/mol. The minimum atomic E-state index is -0.0183. The lowest BCUT2D eigenvalue weighted by Gasteiger charge is -2.34. The summed E-state index contributed by atoms with van der Waals surface area (Å²) in [5, 5.41) is 7.45. The molecule has 1 amide bonds. The Labute approximate surface area is 190 Å². The molecule has 0 spiro atoms. The maximum absolute atomic E-state index is 12.1. The van der Waals surface area contributed by atoms with Crippen molar-refractivity contribution in [2.75, 3.05) is 26.7 Å². The molecule has 1 saturated heterocycles. The van der Waals surface area contributed by atoms with Gasteiger partial charge in [0, 0.05) is 37.1 Å². The molecule has 1 aromatic rings. The molecule has 1 aliphatic rings. The molecule has 1 fully saturated rings. The summed E-state index contributed by atoms with van der Waals surface area (Å²) in [6, 6.07) is 7.66. The summed E-state index contributed by atoms with van der Waals surface area (Å²) < 4.78 is 5.87. The maximum atomic E-state index is 12.1. The molecule has 1 heterocycles. The third-order valence-electron chi connectivity index (χ3n) is 4.57. The van der Waals surface area contributed by atoms with E-state index in [4.69, 9.17) is 16.3 Å². The van der Waals surface area contributed by atoms with Crippen LogP contribution in [0.5, 0.6) is 5.75 Å². The molecule has 28 heavy (non-hydrogen) atoms. The number of nitrogens with zero attached hydrogens (tertiary/aromatic N) is 2. The van der Waals surface area contributed by atoms with Crippen LogP contribution in [0.4, 0.5) is 0 Å². The van der Waals surface area contributed by atoms with Gasteiger partial charge in [-0.3, -0.25) is 9.79 Å². The Morgan fingerprint density at radius 2 is 1.86 bits per heavy atom. The molecule has 1 unspecified atom stereocenters. The molecule has 0 saturated carbocycles. The van der Waals surface area contributed by atoms with E-state index in [1.165, 1.54) is 0 Å². The number of likely N-dealkylation sites (tertiary alicyclic amines) is 1. The van der Waals surface area contributed by atoms with Crippen molar-refractivity contribution in [2.24, 2.45) is 10.9 Å². The molecule has 0 aromatic heterocycles. The number of benzene rings is 1. The number of ether oxygens (including phenoxy) is 1. The first-order chi connectivity index (χ1) is 12.9. The Hall–Kier alpha value is -1.22. The number of carbonyl (C=O) groups is 1. The number of carbonyl (C=O) groups excluding carboxylic acids is 1. The smallest absolute Gasteiger partial charge is 0.225 e. The molecule has 0 aliphatic carbocycles. The first kappa shape index (κ1) is 24.8. The number of aliphatic imine (C=N–C) groups is 1. The number of guanidine groups is 1. The first-order valence-electron chi connectivity index (χ1n) is 9.57. The summed E-state index contributed by atoms with van der Waals surface area (Å²) in [6.07, 6.45) is 1.83. The van der Waals surface area contributed by atoms with Crippen LogP contribution in [-0.2, 0) is 4.79 Å². The molecule has 2 rings (SSSR count). The van der Waals surface area contributed by atoms with Crippen molar-refractivity contribution in [3.8, 4) is 5.75 Å². The number of amides is 1. The molecule has 2 N–H and O–H groups in total. The molecule has 0 radical (unpaired) electrons. The monoisotopic (exact) mass is 522 g/mol. The molecule has 0 bridgehead atoms. The highest BCUT2D eigenvalue weighted by molar-refractivity contribution is 14.0. The summed E-state index contributed by atoms with van der Waals surface area (Å²) in [5.74, 6) is 1.85. The van der Waals surface area contributed by atoms with Crippen LogP contribution in [0.1, 0.15) is 33.6 Å². The fourth-order valence-electron chi connectivity index (χ4n) is 3.02. The van der Waals surface area contributed by atoms with Gasteiger partial charge in [-0.25, -0.2) is 0 Å². The fraction of sp³-hybridized carbons (Fsp3) is 0.600.